The van der Waals surface area contributed by atoms with Crippen molar-refractivity contribution in [1.29, 1.82) is 0 Å². The first kappa shape index (κ1) is 28.0. The van der Waals surface area contributed by atoms with Gasteiger partial charge < -0.3 is 39.4 Å². The molecule has 0 aromatic carbocycles. The van der Waals surface area contributed by atoms with Crippen LogP contribution in [-0.2, 0) is 33.3 Å². The number of fused-ring (bicyclic) bond motifs is 5. The minimum Gasteiger partial charge on any atom is -0.458 e. The smallest absolute Gasteiger partial charge is 0.303 e. The van der Waals surface area contributed by atoms with Crippen molar-refractivity contribution in [3.8, 4) is 0 Å². The molecule has 3 aliphatic carbocycles. The van der Waals surface area contributed by atoms with Crippen LogP contribution in [0.15, 0.2) is 11.1 Å². The summed E-state index contributed by atoms with van der Waals surface area (Å²) < 4.78 is 22.7. The van der Waals surface area contributed by atoms with Gasteiger partial charge in [-0.1, -0.05) is 20.8 Å². The van der Waals surface area contributed by atoms with Crippen LogP contribution in [0.2, 0.25) is 0 Å². The number of aliphatic hydroxyl groups is 4. The van der Waals surface area contributed by atoms with Crippen LogP contribution < -0.4 is 0 Å². The molecule has 37 heavy (non-hydrogen) atoms. The monoisotopic (exact) mass is 526 g/mol. The number of rotatable bonds is 3. The average Bonchev–Trinajstić information content (AvgIpc) is 2.75. The third-order valence-electron chi connectivity index (χ3n) is 9.52. The van der Waals surface area contributed by atoms with Gasteiger partial charge in [0, 0.05) is 50.4 Å². The van der Waals surface area contributed by atoms with Crippen molar-refractivity contribution >= 4 is 17.9 Å². The Morgan fingerprint density at radius 2 is 1.54 bits per heavy atom. The Balaban J connectivity index is 2.05. The van der Waals surface area contributed by atoms with Gasteiger partial charge in [-0.3, -0.25) is 14.4 Å². The SMILES string of the molecule is CC(=O)O[C@H]1C[C@@]2(O)[C@@H](O)[C@@H]3[C@]4(OC(C)=O)CO[C@@H]4C[C@H](O)[C@@]3(C)[C@@H](O)[C@H](OC(C)=O)C(=C1C)C2(C)C. The molecule has 10 atom stereocenters. The Kier molecular flexibility index (Phi) is 6.61. The van der Waals surface area contributed by atoms with E-state index in [-0.39, 0.29) is 25.0 Å². The lowest BCUT2D eigenvalue weighted by atomic mass is 9.44. The third-order valence-corrected chi connectivity index (χ3v) is 9.52. The van der Waals surface area contributed by atoms with Crippen LogP contribution in [0.4, 0.5) is 0 Å². The van der Waals surface area contributed by atoms with Crippen molar-refractivity contribution in [3.05, 3.63) is 11.1 Å². The summed E-state index contributed by atoms with van der Waals surface area (Å²) in [5, 5.41) is 47.9. The molecule has 4 rings (SSSR count). The van der Waals surface area contributed by atoms with E-state index in [1.54, 1.807) is 20.8 Å². The van der Waals surface area contributed by atoms with Crippen LogP contribution in [0.5, 0.6) is 0 Å². The maximum Gasteiger partial charge on any atom is 0.303 e. The summed E-state index contributed by atoms with van der Waals surface area (Å²) in [4.78, 5) is 36.6. The summed E-state index contributed by atoms with van der Waals surface area (Å²) in [6, 6.07) is 0. The number of carbonyl (C=O) groups excluding carboxylic acids is 3. The zero-order valence-electron chi connectivity index (χ0n) is 22.3. The quantitative estimate of drug-likeness (QED) is 0.224. The molecule has 2 saturated carbocycles. The van der Waals surface area contributed by atoms with Gasteiger partial charge in [-0.15, -0.1) is 0 Å². The van der Waals surface area contributed by atoms with Crippen molar-refractivity contribution in [2.45, 2.75) is 109 Å². The topological polar surface area (TPSA) is 169 Å². The Bertz CT molecular complexity index is 1040. The highest BCUT2D eigenvalue weighted by atomic mass is 16.6. The van der Waals surface area contributed by atoms with Crippen LogP contribution in [0.3, 0.4) is 0 Å². The normalized spacial score (nSPS) is 46.3. The molecule has 0 radical (unpaired) electrons. The fourth-order valence-corrected chi connectivity index (χ4v) is 7.58. The van der Waals surface area contributed by atoms with Crippen LogP contribution in [0.1, 0.15) is 61.3 Å². The van der Waals surface area contributed by atoms with Crippen LogP contribution >= 0.6 is 0 Å². The highest BCUT2D eigenvalue weighted by molar-refractivity contribution is 5.68. The third kappa shape index (κ3) is 3.69. The molecule has 1 aliphatic heterocycles. The van der Waals surface area contributed by atoms with Gasteiger partial charge in [0.2, 0.25) is 0 Å². The predicted molar refractivity (Wildman–Crippen MR) is 126 cm³/mol. The minimum absolute atomic E-state index is 0.0211. The van der Waals surface area contributed by atoms with Gasteiger partial charge >= 0.3 is 17.9 Å². The fourth-order valence-electron chi connectivity index (χ4n) is 7.58. The maximum atomic E-state index is 12.4. The number of aliphatic hydroxyl groups excluding tert-OH is 3. The highest BCUT2D eigenvalue weighted by Gasteiger charge is 2.77. The molecule has 208 valence electrons. The zero-order chi connectivity index (χ0) is 27.9. The van der Waals surface area contributed by atoms with Crippen LogP contribution in [0.25, 0.3) is 0 Å². The molecule has 0 spiro atoms. The molecule has 11 nitrogen and oxygen atoms in total. The summed E-state index contributed by atoms with van der Waals surface area (Å²) in [5.74, 6) is -3.24. The molecule has 0 unspecified atom stereocenters. The Morgan fingerprint density at radius 3 is 2.03 bits per heavy atom. The van der Waals surface area contributed by atoms with Crippen LogP contribution in [0, 0.1) is 16.7 Å². The molecule has 3 fully saturated rings. The predicted octanol–water partition coefficient (Wildman–Crippen LogP) is 0.151. The molecule has 2 bridgehead atoms. The van der Waals surface area contributed by atoms with Crippen molar-refractivity contribution in [3.63, 3.8) is 0 Å². The first-order valence-electron chi connectivity index (χ1n) is 12.6. The van der Waals surface area contributed by atoms with E-state index in [1.165, 1.54) is 27.7 Å². The number of hydrogen-bond acceptors (Lipinski definition) is 11. The summed E-state index contributed by atoms with van der Waals surface area (Å²) in [6.07, 6.45) is -8.00. The molecule has 1 heterocycles. The molecule has 11 heteroatoms. The molecular formula is C26H38O11. The summed E-state index contributed by atoms with van der Waals surface area (Å²) >= 11 is 0. The lowest BCUT2D eigenvalue weighted by molar-refractivity contribution is -0.365. The van der Waals surface area contributed by atoms with E-state index in [4.69, 9.17) is 18.9 Å². The van der Waals surface area contributed by atoms with Gasteiger partial charge in [0.1, 0.15) is 23.9 Å². The minimum atomic E-state index is -2.03. The molecular weight excluding hydrogens is 488 g/mol. The second-order valence-corrected chi connectivity index (χ2v) is 11.8. The first-order valence-corrected chi connectivity index (χ1v) is 12.6. The van der Waals surface area contributed by atoms with Gasteiger partial charge in [-0.05, 0) is 18.1 Å². The van der Waals surface area contributed by atoms with Gasteiger partial charge in [-0.2, -0.15) is 0 Å². The Morgan fingerprint density at radius 1 is 0.946 bits per heavy atom. The Hall–Kier alpha value is -2.05. The van der Waals surface area contributed by atoms with Crippen molar-refractivity contribution in [2.24, 2.45) is 16.7 Å². The van der Waals surface area contributed by atoms with Gasteiger partial charge in [0.25, 0.3) is 0 Å². The molecule has 4 aliphatic rings. The molecule has 1 saturated heterocycles. The van der Waals surface area contributed by atoms with E-state index < -0.39 is 82.5 Å². The van der Waals surface area contributed by atoms with Gasteiger partial charge in [0.15, 0.2) is 11.7 Å². The molecule has 0 amide bonds. The van der Waals surface area contributed by atoms with E-state index in [0.29, 0.717) is 5.57 Å². The number of hydrogen-bond donors (Lipinski definition) is 4. The summed E-state index contributed by atoms with van der Waals surface area (Å²) in [6.45, 7) is 9.97. The largest absolute Gasteiger partial charge is 0.458 e. The number of carbonyl (C=O) groups is 3. The average molecular weight is 527 g/mol. The second-order valence-electron chi connectivity index (χ2n) is 11.8. The number of ether oxygens (including phenoxy) is 4. The van der Waals surface area contributed by atoms with E-state index >= 15 is 0 Å². The molecule has 0 aromatic rings. The van der Waals surface area contributed by atoms with Crippen molar-refractivity contribution < 1.29 is 53.8 Å². The first-order chi connectivity index (χ1) is 16.9. The maximum absolute atomic E-state index is 12.4. The second kappa shape index (κ2) is 8.74. The van der Waals surface area contributed by atoms with E-state index in [2.05, 4.69) is 0 Å². The van der Waals surface area contributed by atoms with E-state index in [1.807, 2.05) is 0 Å². The lowest BCUT2D eigenvalue weighted by Crippen LogP contribution is -2.82. The standard InChI is InChI=1S/C26H38O11/c1-11-15(35-12(2)27)9-26(33)22(32)20-24(7,16(30)8-17-25(20,10-34-17)37-14(4)29)21(31)19(36-13(3)28)18(11)23(26,5)6/h15-17,19-22,30-33H,8-10H2,1-7H3/t15-,16-,17+,19+,20-,21-,22-,24+,25-,26+/m0/s1. The number of esters is 3. The van der Waals surface area contributed by atoms with E-state index in [0.717, 1.165) is 0 Å². The summed E-state index contributed by atoms with van der Waals surface area (Å²) in [5.41, 5.74) is -5.70. The zero-order valence-corrected chi connectivity index (χ0v) is 22.3. The van der Waals surface area contributed by atoms with Crippen molar-refractivity contribution in [2.75, 3.05) is 6.61 Å². The van der Waals surface area contributed by atoms with E-state index in [9.17, 15) is 34.8 Å². The fraction of sp³-hybridized carbons (Fsp3) is 0.808. The van der Waals surface area contributed by atoms with Crippen LogP contribution in [-0.4, -0.2) is 92.8 Å². The lowest BCUT2D eigenvalue weighted by Gasteiger charge is -2.68. The van der Waals surface area contributed by atoms with Gasteiger partial charge in [-0.25, -0.2) is 0 Å². The highest BCUT2D eigenvalue weighted by Crippen LogP contribution is 2.64. The molecule has 0 aromatic heterocycles. The molecule has 4 N–H and O–H groups in total. The van der Waals surface area contributed by atoms with Gasteiger partial charge in [0.05, 0.1) is 18.8 Å². The summed E-state index contributed by atoms with van der Waals surface area (Å²) in [7, 11) is 0. The Labute approximate surface area is 215 Å². The van der Waals surface area contributed by atoms with Crippen molar-refractivity contribution in [1.82, 2.24) is 0 Å².